The van der Waals surface area contributed by atoms with Gasteiger partial charge >= 0.3 is 6.18 Å². The molecule has 0 saturated heterocycles. The molecule has 0 N–H and O–H groups in total. The summed E-state index contributed by atoms with van der Waals surface area (Å²) in [7, 11) is 1.65. The second-order valence-electron chi connectivity index (χ2n) is 6.99. The molecule has 3 nitrogen and oxygen atoms in total. The van der Waals surface area contributed by atoms with Gasteiger partial charge in [-0.2, -0.15) is 13.2 Å². The summed E-state index contributed by atoms with van der Waals surface area (Å²) in [4.78, 5) is 19.7. The predicted octanol–water partition coefficient (Wildman–Crippen LogP) is 5.65. The van der Waals surface area contributed by atoms with Crippen molar-refractivity contribution in [2.24, 2.45) is 0 Å². The third-order valence-electron chi connectivity index (χ3n) is 4.57. The van der Waals surface area contributed by atoms with Crippen LogP contribution < -0.4 is 0 Å². The van der Waals surface area contributed by atoms with Crippen molar-refractivity contribution < 1.29 is 18.0 Å². The minimum absolute atomic E-state index is 0.109. The van der Waals surface area contributed by atoms with Crippen LogP contribution in [0.2, 0.25) is 0 Å². The van der Waals surface area contributed by atoms with E-state index in [2.05, 4.69) is 4.98 Å². The van der Waals surface area contributed by atoms with E-state index >= 15 is 0 Å². The summed E-state index contributed by atoms with van der Waals surface area (Å²) in [5, 5.41) is 0.883. The molecular formula is C22H21F3N2OS. The highest BCUT2D eigenvalue weighted by atomic mass is 32.1. The zero-order chi connectivity index (χ0) is 21.2. The molecule has 3 rings (SSSR count). The number of likely N-dealkylation sites (N-methyl/N-ethyl adjacent to an activating group) is 1. The van der Waals surface area contributed by atoms with Crippen LogP contribution in [0.25, 0.3) is 11.3 Å². The van der Waals surface area contributed by atoms with E-state index < -0.39 is 11.7 Å². The number of hydrogen-bond donors (Lipinski definition) is 0. The Labute approximate surface area is 171 Å². The quantitative estimate of drug-likeness (QED) is 0.537. The molecule has 1 heterocycles. The van der Waals surface area contributed by atoms with Gasteiger partial charge in [-0.3, -0.25) is 4.79 Å². The average molecular weight is 418 g/mol. The smallest absolute Gasteiger partial charge is 0.341 e. The van der Waals surface area contributed by atoms with Crippen LogP contribution in [0.3, 0.4) is 0 Å². The highest BCUT2D eigenvalue weighted by Gasteiger charge is 2.30. The van der Waals surface area contributed by atoms with Crippen molar-refractivity contribution >= 4 is 17.2 Å². The van der Waals surface area contributed by atoms with E-state index in [1.54, 1.807) is 7.05 Å². The van der Waals surface area contributed by atoms with Crippen molar-refractivity contribution in [3.05, 3.63) is 75.1 Å². The molecule has 0 bridgehead atoms. The van der Waals surface area contributed by atoms with Crippen LogP contribution in [-0.4, -0.2) is 22.8 Å². The maximum Gasteiger partial charge on any atom is 0.416 e. The van der Waals surface area contributed by atoms with Gasteiger partial charge in [0.25, 0.3) is 0 Å². The molecule has 1 amide bonds. The van der Waals surface area contributed by atoms with Gasteiger partial charge in [-0.1, -0.05) is 42.0 Å². The van der Waals surface area contributed by atoms with Gasteiger partial charge in [0, 0.05) is 24.0 Å². The van der Waals surface area contributed by atoms with Crippen LogP contribution in [0, 0.1) is 13.8 Å². The van der Waals surface area contributed by atoms with E-state index in [1.807, 2.05) is 38.1 Å². The molecule has 0 aliphatic carbocycles. The SMILES string of the molecule is Cc1ccc(-c2nc(C)sc2CC(=O)N(C)Cc2ccc(C(F)(F)F)cc2)cc1. The van der Waals surface area contributed by atoms with Gasteiger partial charge in [0.2, 0.25) is 5.91 Å². The first-order valence-corrected chi connectivity index (χ1v) is 9.88. The number of benzene rings is 2. The minimum Gasteiger partial charge on any atom is -0.341 e. The Morgan fingerprint density at radius 1 is 1.03 bits per heavy atom. The number of nitrogens with zero attached hydrogens (tertiary/aromatic N) is 2. The highest BCUT2D eigenvalue weighted by molar-refractivity contribution is 7.12. The molecule has 3 aromatic rings. The maximum absolute atomic E-state index is 12.7. The van der Waals surface area contributed by atoms with Crippen LogP contribution in [0.5, 0.6) is 0 Å². The van der Waals surface area contributed by atoms with Crippen LogP contribution in [0.1, 0.15) is 26.6 Å². The molecule has 0 radical (unpaired) electrons. The second kappa shape index (κ2) is 8.37. The van der Waals surface area contributed by atoms with Crippen LogP contribution in [0.4, 0.5) is 13.2 Å². The normalized spacial score (nSPS) is 11.5. The Hall–Kier alpha value is -2.67. The molecule has 0 atom stereocenters. The molecule has 152 valence electrons. The molecule has 0 aliphatic rings. The summed E-state index contributed by atoms with van der Waals surface area (Å²) in [6.07, 6.45) is -4.16. The van der Waals surface area contributed by atoms with Crippen molar-refractivity contribution in [1.29, 1.82) is 0 Å². The van der Waals surface area contributed by atoms with E-state index in [-0.39, 0.29) is 18.9 Å². The monoisotopic (exact) mass is 418 g/mol. The van der Waals surface area contributed by atoms with Gasteiger partial charge in [-0.15, -0.1) is 11.3 Å². The van der Waals surface area contributed by atoms with Gasteiger partial charge in [0.05, 0.1) is 22.7 Å². The lowest BCUT2D eigenvalue weighted by atomic mass is 10.1. The van der Waals surface area contributed by atoms with Crippen molar-refractivity contribution in [3.63, 3.8) is 0 Å². The van der Waals surface area contributed by atoms with Gasteiger partial charge in [-0.25, -0.2) is 4.98 Å². The molecular weight excluding hydrogens is 397 g/mol. The fraction of sp³-hybridized carbons (Fsp3) is 0.273. The molecule has 0 unspecified atom stereocenters. The summed E-state index contributed by atoms with van der Waals surface area (Å²) < 4.78 is 38.1. The van der Waals surface area contributed by atoms with E-state index in [4.69, 9.17) is 0 Å². The highest BCUT2D eigenvalue weighted by Crippen LogP contribution is 2.30. The molecule has 0 saturated carbocycles. The predicted molar refractivity (Wildman–Crippen MR) is 109 cm³/mol. The number of alkyl halides is 3. The van der Waals surface area contributed by atoms with Gasteiger partial charge in [0.15, 0.2) is 0 Å². The van der Waals surface area contributed by atoms with Crippen LogP contribution >= 0.6 is 11.3 Å². The van der Waals surface area contributed by atoms with Gasteiger partial charge in [-0.05, 0) is 31.5 Å². The zero-order valence-corrected chi connectivity index (χ0v) is 17.2. The van der Waals surface area contributed by atoms with E-state index in [0.29, 0.717) is 5.56 Å². The standard InChI is InChI=1S/C22H21F3N2OS/c1-14-4-8-17(9-5-14)21-19(29-15(2)26-21)12-20(28)27(3)13-16-6-10-18(11-7-16)22(23,24)25/h4-11H,12-13H2,1-3H3. The minimum atomic E-state index is -4.36. The molecule has 0 spiro atoms. The molecule has 0 fully saturated rings. The third-order valence-corrected chi connectivity index (χ3v) is 5.54. The van der Waals surface area contributed by atoms with Crippen molar-refractivity contribution in [3.8, 4) is 11.3 Å². The number of thiazole rings is 1. The van der Waals surface area contributed by atoms with E-state index in [0.717, 1.165) is 38.8 Å². The first-order chi connectivity index (χ1) is 13.6. The fourth-order valence-electron chi connectivity index (χ4n) is 2.96. The summed E-state index contributed by atoms with van der Waals surface area (Å²) >= 11 is 1.49. The number of hydrogen-bond acceptors (Lipinski definition) is 3. The number of halogens is 3. The number of rotatable bonds is 5. The number of carbonyl (C=O) groups excluding carboxylic acids is 1. The maximum atomic E-state index is 12.7. The average Bonchev–Trinajstić information content (AvgIpc) is 3.02. The molecule has 2 aromatic carbocycles. The van der Waals surface area contributed by atoms with Crippen molar-refractivity contribution in [2.75, 3.05) is 7.05 Å². The summed E-state index contributed by atoms with van der Waals surface area (Å²) in [6, 6.07) is 12.9. The lowest BCUT2D eigenvalue weighted by Crippen LogP contribution is -2.27. The summed E-state index contributed by atoms with van der Waals surface area (Å²) in [5.41, 5.74) is 2.87. The fourth-order valence-corrected chi connectivity index (χ4v) is 3.91. The number of aryl methyl sites for hydroxylation is 2. The molecule has 29 heavy (non-hydrogen) atoms. The lowest BCUT2D eigenvalue weighted by molar-refractivity contribution is -0.137. The Bertz CT molecular complexity index is 992. The Morgan fingerprint density at radius 2 is 1.66 bits per heavy atom. The number of aromatic nitrogens is 1. The van der Waals surface area contributed by atoms with Crippen molar-refractivity contribution in [2.45, 2.75) is 33.0 Å². The molecule has 7 heteroatoms. The first kappa shape index (κ1) is 21.0. The van der Waals surface area contributed by atoms with Crippen LogP contribution in [0.15, 0.2) is 48.5 Å². The number of carbonyl (C=O) groups is 1. The summed E-state index contributed by atoms with van der Waals surface area (Å²) in [6.45, 7) is 4.16. The third kappa shape index (κ3) is 5.23. The topological polar surface area (TPSA) is 33.2 Å². The molecule has 0 aliphatic heterocycles. The number of amides is 1. The van der Waals surface area contributed by atoms with E-state index in [9.17, 15) is 18.0 Å². The van der Waals surface area contributed by atoms with Gasteiger partial charge < -0.3 is 4.90 Å². The van der Waals surface area contributed by atoms with Crippen LogP contribution in [-0.2, 0) is 23.9 Å². The summed E-state index contributed by atoms with van der Waals surface area (Å²) in [5.74, 6) is -0.109. The Balaban J connectivity index is 1.71. The lowest BCUT2D eigenvalue weighted by Gasteiger charge is -2.18. The Morgan fingerprint density at radius 3 is 2.24 bits per heavy atom. The molecule has 1 aromatic heterocycles. The Kier molecular flexibility index (Phi) is 6.07. The van der Waals surface area contributed by atoms with E-state index in [1.165, 1.54) is 28.4 Å². The second-order valence-corrected chi connectivity index (χ2v) is 8.28. The zero-order valence-electron chi connectivity index (χ0n) is 16.4. The van der Waals surface area contributed by atoms with Crippen molar-refractivity contribution in [1.82, 2.24) is 9.88 Å². The first-order valence-electron chi connectivity index (χ1n) is 9.07. The van der Waals surface area contributed by atoms with Gasteiger partial charge in [0.1, 0.15) is 0 Å². The largest absolute Gasteiger partial charge is 0.416 e.